The summed E-state index contributed by atoms with van der Waals surface area (Å²) in [6.07, 6.45) is 2.80. The molecule has 27 heavy (non-hydrogen) atoms. The number of amides is 1. The molecule has 0 saturated carbocycles. The van der Waals surface area contributed by atoms with E-state index in [0.29, 0.717) is 28.8 Å². The van der Waals surface area contributed by atoms with Gasteiger partial charge in [-0.3, -0.25) is 9.59 Å². The van der Waals surface area contributed by atoms with Crippen molar-refractivity contribution in [3.8, 4) is 0 Å². The molecule has 2 aromatic rings. The molecule has 0 bridgehead atoms. The molecule has 1 fully saturated rings. The zero-order valence-corrected chi connectivity index (χ0v) is 16.5. The highest BCUT2D eigenvalue weighted by Crippen LogP contribution is 2.25. The first-order valence-electron chi connectivity index (χ1n) is 8.23. The smallest absolute Gasteiger partial charge is 0.251 e. The Bertz CT molecular complexity index is 1030. The van der Waals surface area contributed by atoms with Crippen molar-refractivity contribution in [2.45, 2.75) is 24.3 Å². The molecule has 0 atom stereocenters. The second-order valence-electron chi connectivity index (χ2n) is 6.11. The maximum Gasteiger partial charge on any atom is 0.251 e. The fraction of sp³-hybridized carbons (Fsp3) is 0.294. The van der Waals surface area contributed by atoms with Gasteiger partial charge in [0.15, 0.2) is 0 Å². The third-order valence-corrected chi connectivity index (χ3v) is 6.62. The van der Waals surface area contributed by atoms with Crippen molar-refractivity contribution < 1.29 is 13.2 Å². The van der Waals surface area contributed by atoms with Crippen LogP contribution in [0.25, 0.3) is 0 Å². The number of nitrogens with zero attached hydrogens (tertiary/aromatic N) is 2. The first kappa shape index (κ1) is 19.9. The van der Waals surface area contributed by atoms with Crippen LogP contribution >= 0.6 is 23.2 Å². The summed E-state index contributed by atoms with van der Waals surface area (Å²) in [7, 11) is -3.68. The normalized spacial score (nSPS) is 15.0. The zero-order chi connectivity index (χ0) is 19.6. The number of pyridine rings is 1. The molecule has 1 aromatic carbocycles. The first-order chi connectivity index (χ1) is 12.8. The Morgan fingerprint density at radius 3 is 2.52 bits per heavy atom. The Hall–Kier alpha value is -1.87. The second-order valence-corrected chi connectivity index (χ2v) is 8.90. The van der Waals surface area contributed by atoms with Crippen molar-refractivity contribution in [2.24, 2.45) is 0 Å². The molecule has 10 heteroatoms. The largest absolute Gasteiger partial charge is 0.323 e. The van der Waals surface area contributed by atoms with Gasteiger partial charge in [0.25, 0.3) is 5.56 Å². The highest BCUT2D eigenvalue weighted by Gasteiger charge is 2.27. The summed E-state index contributed by atoms with van der Waals surface area (Å²) in [5.41, 5.74) is -0.175. The molecule has 0 unspecified atom stereocenters. The van der Waals surface area contributed by atoms with Crippen LogP contribution in [0.3, 0.4) is 0 Å². The molecule has 144 valence electrons. The number of halogens is 2. The van der Waals surface area contributed by atoms with Gasteiger partial charge in [-0.15, -0.1) is 0 Å². The molecule has 2 heterocycles. The average molecular weight is 430 g/mol. The van der Waals surface area contributed by atoms with Crippen LogP contribution in [0.2, 0.25) is 10.0 Å². The molecule has 3 rings (SSSR count). The van der Waals surface area contributed by atoms with Crippen molar-refractivity contribution in [1.82, 2.24) is 8.87 Å². The molecule has 1 N–H and O–H groups in total. The Labute approximate surface area is 166 Å². The monoisotopic (exact) mass is 429 g/mol. The minimum Gasteiger partial charge on any atom is -0.323 e. The lowest BCUT2D eigenvalue weighted by molar-refractivity contribution is -0.116. The summed E-state index contributed by atoms with van der Waals surface area (Å²) in [4.78, 5) is 24.3. The molecule has 1 aliphatic rings. The number of aromatic nitrogens is 1. The quantitative estimate of drug-likeness (QED) is 0.790. The van der Waals surface area contributed by atoms with Crippen LogP contribution in [0.5, 0.6) is 0 Å². The molecule has 0 spiro atoms. The molecule has 1 amide bonds. The van der Waals surface area contributed by atoms with Gasteiger partial charge in [-0.05, 0) is 37.1 Å². The summed E-state index contributed by atoms with van der Waals surface area (Å²) in [6.45, 7) is 0.551. The third kappa shape index (κ3) is 4.52. The minimum absolute atomic E-state index is 0.0161. The van der Waals surface area contributed by atoms with Gasteiger partial charge in [0.05, 0.1) is 15.6 Å². The molecule has 1 aromatic heterocycles. The number of hydrogen-bond donors (Lipinski definition) is 1. The third-order valence-electron chi connectivity index (χ3n) is 4.18. The summed E-state index contributed by atoms with van der Waals surface area (Å²) < 4.78 is 27.7. The summed E-state index contributed by atoms with van der Waals surface area (Å²) in [5, 5.41) is 3.26. The van der Waals surface area contributed by atoms with Crippen LogP contribution in [0.4, 0.5) is 5.69 Å². The van der Waals surface area contributed by atoms with Crippen LogP contribution in [-0.2, 0) is 21.4 Å². The summed E-state index contributed by atoms with van der Waals surface area (Å²) in [6, 6.07) is 7.01. The van der Waals surface area contributed by atoms with Crippen molar-refractivity contribution in [3.05, 3.63) is 56.9 Å². The van der Waals surface area contributed by atoms with E-state index in [1.807, 2.05) is 0 Å². The van der Waals surface area contributed by atoms with E-state index in [1.165, 1.54) is 28.7 Å². The molecular formula is C17H17Cl2N3O4S. The van der Waals surface area contributed by atoms with Crippen LogP contribution in [0.15, 0.2) is 46.2 Å². The van der Waals surface area contributed by atoms with E-state index in [1.54, 1.807) is 6.07 Å². The van der Waals surface area contributed by atoms with E-state index in [9.17, 15) is 18.0 Å². The van der Waals surface area contributed by atoms with Crippen LogP contribution in [-0.4, -0.2) is 36.3 Å². The molecule has 0 radical (unpaired) electrons. The van der Waals surface area contributed by atoms with E-state index in [0.717, 1.165) is 23.5 Å². The standard InChI is InChI=1S/C17H17Cl2N3O4S/c18-12-3-5-14(19)15(9-12)20-16(23)11-21-10-13(4-6-17(21)24)27(25,26)22-7-1-2-8-22/h3-6,9-10H,1-2,7-8,11H2,(H,20,23). The van der Waals surface area contributed by atoms with Gasteiger partial charge < -0.3 is 9.88 Å². The van der Waals surface area contributed by atoms with Crippen LogP contribution in [0, 0.1) is 0 Å². The minimum atomic E-state index is -3.68. The molecule has 7 nitrogen and oxygen atoms in total. The number of hydrogen-bond acceptors (Lipinski definition) is 4. The molecule has 0 aliphatic carbocycles. The number of nitrogens with one attached hydrogen (secondary N) is 1. The van der Waals surface area contributed by atoms with Gasteiger partial charge in [0.1, 0.15) is 6.54 Å². The summed E-state index contributed by atoms with van der Waals surface area (Å²) in [5.74, 6) is -0.531. The maximum absolute atomic E-state index is 12.6. The van der Waals surface area contributed by atoms with E-state index in [4.69, 9.17) is 23.2 Å². The number of rotatable bonds is 5. The van der Waals surface area contributed by atoms with Crippen LogP contribution < -0.4 is 10.9 Å². The number of carbonyl (C=O) groups excluding carboxylic acids is 1. The molecule has 1 saturated heterocycles. The SMILES string of the molecule is O=C(Cn1cc(S(=O)(=O)N2CCCC2)ccc1=O)Nc1cc(Cl)ccc1Cl. The van der Waals surface area contributed by atoms with Crippen LogP contribution in [0.1, 0.15) is 12.8 Å². The Balaban J connectivity index is 1.81. The van der Waals surface area contributed by atoms with Gasteiger partial charge >= 0.3 is 0 Å². The Morgan fingerprint density at radius 1 is 1.11 bits per heavy atom. The number of carbonyl (C=O) groups is 1. The van der Waals surface area contributed by atoms with Gasteiger partial charge in [-0.2, -0.15) is 4.31 Å². The molecular weight excluding hydrogens is 413 g/mol. The topological polar surface area (TPSA) is 88.5 Å². The van der Waals surface area contributed by atoms with Gasteiger partial charge in [0.2, 0.25) is 15.9 Å². The summed E-state index contributed by atoms with van der Waals surface area (Å²) >= 11 is 11.9. The van der Waals surface area contributed by atoms with Crippen molar-refractivity contribution >= 4 is 44.8 Å². The molecule has 1 aliphatic heterocycles. The fourth-order valence-corrected chi connectivity index (χ4v) is 4.68. The predicted octanol–water partition coefficient (Wildman–Crippen LogP) is 2.58. The second kappa shape index (κ2) is 8.02. The van der Waals surface area contributed by atoms with E-state index in [-0.39, 0.29) is 11.4 Å². The average Bonchev–Trinajstić information content (AvgIpc) is 3.15. The fourth-order valence-electron chi connectivity index (χ4n) is 2.80. The first-order valence-corrected chi connectivity index (χ1v) is 10.4. The Morgan fingerprint density at radius 2 is 1.81 bits per heavy atom. The highest BCUT2D eigenvalue weighted by molar-refractivity contribution is 7.89. The number of sulfonamides is 1. The van der Waals surface area contributed by atoms with Crippen molar-refractivity contribution in [3.63, 3.8) is 0 Å². The van der Waals surface area contributed by atoms with Gasteiger partial charge in [0, 0.05) is 30.4 Å². The van der Waals surface area contributed by atoms with Gasteiger partial charge in [-0.25, -0.2) is 8.42 Å². The Kier molecular flexibility index (Phi) is 5.90. The number of benzene rings is 1. The van der Waals surface area contributed by atoms with Gasteiger partial charge in [-0.1, -0.05) is 23.2 Å². The highest BCUT2D eigenvalue weighted by atomic mass is 35.5. The van der Waals surface area contributed by atoms with Crippen molar-refractivity contribution in [1.29, 1.82) is 0 Å². The van der Waals surface area contributed by atoms with E-state index < -0.39 is 21.5 Å². The maximum atomic E-state index is 12.6. The van der Waals surface area contributed by atoms with Crippen molar-refractivity contribution in [2.75, 3.05) is 18.4 Å². The van der Waals surface area contributed by atoms with E-state index in [2.05, 4.69) is 5.32 Å². The lowest BCUT2D eigenvalue weighted by Crippen LogP contribution is -2.31. The van der Waals surface area contributed by atoms with E-state index >= 15 is 0 Å². The predicted molar refractivity (Wildman–Crippen MR) is 104 cm³/mol. The zero-order valence-electron chi connectivity index (χ0n) is 14.2. The lowest BCUT2D eigenvalue weighted by Gasteiger charge is -2.16. The number of anilines is 1. The lowest BCUT2D eigenvalue weighted by atomic mass is 10.3.